The van der Waals surface area contributed by atoms with Gasteiger partial charge in [0.2, 0.25) is 0 Å². The highest BCUT2D eigenvalue weighted by atomic mass is 127. The Morgan fingerprint density at radius 1 is 1.21 bits per heavy atom. The van der Waals surface area contributed by atoms with Crippen LogP contribution in [0.2, 0.25) is 0 Å². The van der Waals surface area contributed by atoms with Gasteiger partial charge in [0.25, 0.3) is 0 Å². The van der Waals surface area contributed by atoms with Crippen molar-refractivity contribution < 1.29 is 0 Å². The highest BCUT2D eigenvalue weighted by Crippen LogP contribution is 2.08. The van der Waals surface area contributed by atoms with Crippen molar-refractivity contribution in [2.75, 3.05) is 11.9 Å². The molecule has 3 rings (SSSR count). The number of pyridine rings is 2. The average Bonchev–Trinajstić information content (AvgIpc) is 2.83. The first kappa shape index (κ1) is 12.4. The van der Waals surface area contributed by atoms with Crippen LogP contribution in [0.15, 0.2) is 48.9 Å². The summed E-state index contributed by atoms with van der Waals surface area (Å²) in [6.45, 7) is 0.831. The third-order valence-corrected chi connectivity index (χ3v) is 3.47. The number of nitrogens with one attached hydrogen (secondary N) is 1. The number of hydrogen-bond acceptors (Lipinski definition) is 3. The van der Waals surface area contributed by atoms with Crippen molar-refractivity contribution >= 4 is 34.1 Å². The molecule has 5 heteroatoms. The van der Waals surface area contributed by atoms with E-state index in [2.05, 4.69) is 44.1 Å². The molecule has 0 saturated carbocycles. The summed E-state index contributed by atoms with van der Waals surface area (Å²) in [7, 11) is 0. The molecule has 0 bridgehead atoms. The second-order valence-electron chi connectivity index (χ2n) is 4.24. The van der Waals surface area contributed by atoms with Crippen molar-refractivity contribution in [3.8, 4) is 0 Å². The maximum Gasteiger partial charge on any atom is 0.136 e. The van der Waals surface area contributed by atoms with Crippen LogP contribution in [-0.4, -0.2) is 20.9 Å². The smallest absolute Gasteiger partial charge is 0.136 e. The fraction of sp³-hybridized carbons (Fsp3) is 0.143. The molecule has 0 atom stereocenters. The summed E-state index contributed by atoms with van der Waals surface area (Å²) in [6, 6.07) is 10.1. The molecule has 0 aliphatic rings. The summed E-state index contributed by atoms with van der Waals surface area (Å²) in [4.78, 5) is 8.87. The van der Waals surface area contributed by atoms with Crippen LogP contribution in [0.25, 0.3) is 5.65 Å². The quantitative estimate of drug-likeness (QED) is 0.724. The van der Waals surface area contributed by atoms with Crippen LogP contribution in [0.5, 0.6) is 0 Å². The van der Waals surface area contributed by atoms with Gasteiger partial charge in [-0.25, -0.2) is 9.97 Å². The standard InChI is InChI=1S/C14H13IN4/c15-11-4-5-13(17-9-11)16-7-6-12-10-19-8-2-1-3-14(19)18-12/h1-5,8-10H,6-7H2,(H,16,17). The average molecular weight is 364 g/mol. The van der Waals surface area contributed by atoms with Crippen LogP contribution in [0.1, 0.15) is 5.69 Å². The number of anilines is 1. The van der Waals surface area contributed by atoms with Gasteiger partial charge in [0, 0.05) is 35.1 Å². The predicted molar refractivity (Wildman–Crippen MR) is 84.3 cm³/mol. The zero-order valence-electron chi connectivity index (χ0n) is 10.3. The molecule has 0 saturated heterocycles. The molecule has 0 amide bonds. The Kier molecular flexibility index (Phi) is 3.63. The van der Waals surface area contributed by atoms with Crippen LogP contribution in [0.3, 0.4) is 0 Å². The van der Waals surface area contributed by atoms with E-state index in [0.717, 1.165) is 33.7 Å². The van der Waals surface area contributed by atoms with E-state index in [-0.39, 0.29) is 0 Å². The number of imidazole rings is 1. The van der Waals surface area contributed by atoms with Gasteiger partial charge < -0.3 is 9.72 Å². The first-order chi connectivity index (χ1) is 9.31. The van der Waals surface area contributed by atoms with Gasteiger partial charge in [0.1, 0.15) is 11.5 Å². The fourth-order valence-corrected chi connectivity index (χ4v) is 2.23. The van der Waals surface area contributed by atoms with E-state index in [1.807, 2.05) is 47.1 Å². The lowest BCUT2D eigenvalue weighted by Gasteiger charge is -2.03. The Morgan fingerprint density at radius 3 is 2.95 bits per heavy atom. The summed E-state index contributed by atoms with van der Waals surface area (Å²) < 4.78 is 3.18. The van der Waals surface area contributed by atoms with E-state index in [1.165, 1.54) is 0 Å². The molecule has 3 aromatic rings. The molecule has 0 aromatic carbocycles. The Labute approximate surface area is 125 Å². The molecule has 19 heavy (non-hydrogen) atoms. The van der Waals surface area contributed by atoms with Gasteiger partial charge in [0.05, 0.1) is 5.69 Å². The first-order valence-corrected chi connectivity index (χ1v) is 7.17. The number of fused-ring (bicyclic) bond motifs is 1. The normalized spacial score (nSPS) is 10.8. The molecule has 0 fully saturated rings. The van der Waals surface area contributed by atoms with Crippen molar-refractivity contribution in [2.45, 2.75) is 6.42 Å². The van der Waals surface area contributed by atoms with Crippen LogP contribution >= 0.6 is 22.6 Å². The lowest BCUT2D eigenvalue weighted by molar-refractivity contribution is 0.970. The molecule has 3 aromatic heterocycles. The van der Waals surface area contributed by atoms with E-state index in [4.69, 9.17) is 0 Å². The zero-order chi connectivity index (χ0) is 13.1. The maximum atomic E-state index is 4.56. The lowest BCUT2D eigenvalue weighted by atomic mass is 10.3. The first-order valence-electron chi connectivity index (χ1n) is 6.09. The Bertz CT molecular complexity index is 642. The van der Waals surface area contributed by atoms with Crippen molar-refractivity contribution in [3.05, 3.63) is 58.2 Å². The van der Waals surface area contributed by atoms with Crippen molar-refractivity contribution in [1.82, 2.24) is 14.4 Å². The molecular formula is C14H13IN4. The summed E-state index contributed by atoms with van der Waals surface area (Å²) in [6.07, 6.45) is 6.82. The van der Waals surface area contributed by atoms with E-state index in [9.17, 15) is 0 Å². The SMILES string of the molecule is Ic1ccc(NCCc2cn3ccccc3n2)nc1. The van der Waals surface area contributed by atoms with Gasteiger partial charge in [-0.15, -0.1) is 0 Å². The second-order valence-corrected chi connectivity index (χ2v) is 5.48. The van der Waals surface area contributed by atoms with Crippen LogP contribution in [0.4, 0.5) is 5.82 Å². The minimum atomic E-state index is 0.831. The monoisotopic (exact) mass is 364 g/mol. The van der Waals surface area contributed by atoms with E-state index in [1.54, 1.807) is 0 Å². The number of rotatable bonds is 4. The van der Waals surface area contributed by atoms with Gasteiger partial charge >= 0.3 is 0 Å². The van der Waals surface area contributed by atoms with Gasteiger partial charge in [0.15, 0.2) is 0 Å². The van der Waals surface area contributed by atoms with Gasteiger partial charge in [-0.3, -0.25) is 0 Å². The van der Waals surface area contributed by atoms with E-state index in [0.29, 0.717) is 0 Å². The third-order valence-electron chi connectivity index (χ3n) is 2.83. The minimum absolute atomic E-state index is 0.831. The fourth-order valence-electron chi connectivity index (χ4n) is 1.91. The Hall–Kier alpha value is -1.63. The summed E-state index contributed by atoms with van der Waals surface area (Å²) >= 11 is 2.25. The van der Waals surface area contributed by atoms with Gasteiger partial charge in [-0.1, -0.05) is 6.07 Å². The number of halogens is 1. The van der Waals surface area contributed by atoms with Crippen LogP contribution in [-0.2, 0) is 6.42 Å². The summed E-state index contributed by atoms with van der Waals surface area (Å²) in [5.74, 6) is 0.907. The molecule has 0 radical (unpaired) electrons. The topological polar surface area (TPSA) is 42.2 Å². The van der Waals surface area contributed by atoms with Crippen molar-refractivity contribution in [3.63, 3.8) is 0 Å². The molecular weight excluding hydrogens is 351 g/mol. The largest absolute Gasteiger partial charge is 0.370 e. The molecule has 96 valence electrons. The molecule has 0 spiro atoms. The number of nitrogens with zero attached hydrogens (tertiary/aromatic N) is 3. The highest BCUT2D eigenvalue weighted by molar-refractivity contribution is 14.1. The Balaban J connectivity index is 1.61. The predicted octanol–water partition coefficient (Wildman–Crippen LogP) is 2.99. The Morgan fingerprint density at radius 2 is 2.16 bits per heavy atom. The summed E-state index contributed by atoms with van der Waals surface area (Å²) in [5, 5.41) is 3.30. The van der Waals surface area contributed by atoms with Gasteiger partial charge in [-0.05, 0) is 46.9 Å². The van der Waals surface area contributed by atoms with Crippen LogP contribution in [0, 0.1) is 3.57 Å². The van der Waals surface area contributed by atoms with Crippen LogP contribution < -0.4 is 5.32 Å². The van der Waals surface area contributed by atoms with Crippen molar-refractivity contribution in [2.24, 2.45) is 0 Å². The van der Waals surface area contributed by atoms with Crippen molar-refractivity contribution in [1.29, 1.82) is 0 Å². The summed E-state index contributed by atoms with van der Waals surface area (Å²) in [5.41, 5.74) is 2.08. The maximum absolute atomic E-state index is 4.56. The second kappa shape index (κ2) is 5.56. The highest BCUT2D eigenvalue weighted by Gasteiger charge is 2.00. The van der Waals surface area contributed by atoms with E-state index < -0.39 is 0 Å². The lowest BCUT2D eigenvalue weighted by Crippen LogP contribution is -2.06. The van der Waals surface area contributed by atoms with Gasteiger partial charge in [-0.2, -0.15) is 0 Å². The molecule has 0 aliphatic heterocycles. The molecule has 4 nitrogen and oxygen atoms in total. The molecule has 3 heterocycles. The number of aromatic nitrogens is 3. The molecule has 1 N–H and O–H groups in total. The number of hydrogen-bond donors (Lipinski definition) is 1. The third kappa shape index (κ3) is 3.04. The minimum Gasteiger partial charge on any atom is -0.370 e. The van der Waals surface area contributed by atoms with E-state index >= 15 is 0 Å². The zero-order valence-corrected chi connectivity index (χ0v) is 12.4. The molecule has 0 unspecified atom stereocenters. The molecule has 0 aliphatic carbocycles.